The molecule has 2 N–H and O–H groups in total. The summed E-state index contributed by atoms with van der Waals surface area (Å²) in [6.45, 7) is 4.56. The first-order valence-corrected chi connectivity index (χ1v) is 5.54. The second-order valence-electron chi connectivity index (χ2n) is 4.02. The highest BCUT2D eigenvalue weighted by molar-refractivity contribution is 5.39. The third-order valence-corrected chi connectivity index (χ3v) is 3.11. The highest BCUT2D eigenvalue weighted by atomic mass is 16.5. The van der Waals surface area contributed by atoms with Gasteiger partial charge in [0, 0.05) is 13.7 Å². The number of nitrogens with two attached hydrogens (primary N) is 1. The van der Waals surface area contributed by atoms with Crippen LogP contribution in [0.25, 0.3) is 0 Å². The van der Waals surface area contributed by atoms with Gasteiger partial charge in [0.15, 0.2) is 0 Å². The summed E-state index contributed by atoms with van der Waals surface area (Å²) in [4.78, 5) is 0. The normalized spacial score (nSPS) is 14.6. The van der Waals surface area contributed by atoms with E-state index in [-0.39, 0.29) is 0 Å². The molecule has 0 aromatic heterocycles. The van der Waals surface area contributed by atoms with E-state index in [0.29, 0.717) is 6.54 Å². The van der Waals surface area contributed by atoms with Crippen LogP contribution in [0, 0.1) is 0 Å². The molecule has 0 bridgehead atoms. The maximum Gasteiger partial charge on any atom is 0.122 e. The number of methoxy groups -OCH3 is 2. The Morgan fingerprint density at radius 1 is 1.31 bits per heavy atom. The number of aryl methyl sites for hydroxylation is 1. The topological polar surface area (TPSA) is 44.5 Å². The quantitative estimate of drug-likeness (QED) is 0.831. The summed E-state index contributed by atoms with van der Waals surface area (Å²) < 4.78 is 10.8. The summed E-state index contributed by atoms with van der Waals surface area (Å²) in [5.74, 6) is 0.918. The molecule has 3 nitrogen and oxygen atoms in total. The second-order valence-corrected chi connectivity index (χ2v) is 4.02. The van der Waals surface area contributed by atoms with Crippen LogP contribution < -0.4 is 10.5 Å². The number of ether oxygens (including phenoxy) is 2. The molecule has 1 atom stereocenters. The SMILES string of the molecule is CCc1cc(C(C)(CN)OC)ccc1OC. The predicted octanol–water partition coefficient (Wildman–Crippen LogP) is 2.08. The molecule has 1 aromatic rings. The van der Waals surface area contributed by atoms with Crippen molar-refractivity contribution in [3.05, 3.63) is 29.3 Å². The summed E-state index contributed by atoms with van der Waals surface area (Å²) >= 11 is 0. The molecule has 16 heavy (non-hydrogen) atoms. The summed E-state index contributed by atoms with van der Waals surface area (Å²) in [6, 6.07) is 6.09. The molecule has 90 valence electrons. The van der Waals surface area contributed by atoms with Crippen LogP contribution in [0.1, 0.15) is 25.0 Å². The van der Waals surface area contributed by atoms with Crippen molar-refractivity contribution in [2.45, 2.75) is 25.9 Å². The monoisotopic (exact) mass is 223 g/mol. The third-order valence-electron chi connectivity index (χ3n) is 3.11. The Hall–Kier alpha value is -1.06. The van der Waals surface area contributed by atoms with Crippen LogP contribution in [0.3, 0.4) is 0 Å². The van der Waals surface area contributed by atoms with Gasteiger partial charge in [0.1, 0.15) is 11.4 Å². The second kappa shape index (κ2) is 5.32. The number of rotatable bonds is 5. The molecule has 0 amide bonds. The van der Waals surface area contributed by atoms with Gasteiger partial charge < -0.3 is 15.2 Å². The van der Waals surface area contributed by atoms with Gasteiger partial charge in [0.25, 0.3) is 0 Å². The molecule has 0 spiro atoms. The van der Waals surface area contributed by atoms with E-state index in [1.165, 1.54) is 5.56 Å². The lowest BCUT2D eigenvalue weighted by Crippen LogP contribution is -2.33. The van der Waals surface area contributed by atoms with Gasteiger partial charge in [-0.15, -0.1) is 0 Å². The fraction of sp³-hybridized carbons (Fsp3) is 0.538. The van der Waals surface area contributed by atoms with Gasteiger partial charge >= 0.3 is 0 Å². The minimum absolute atomic E-state index is 0.420. The van der Waals surface area contributed by atoms with Crippen molar-refractivity contribution in [2.75, 3.05) is 20.8 Å². The molecule has 0 radical (unpaired) electrons. The largest absolute Gasteiger partial charge is 0.496 e. The molecule has 0 aliphatic rings. The highest BCUT2D eigenvalue weighted by Gasteiger charge is 2.24. The van der Waals surface area contributed by atoms with Crippen LogP contribution in [-0.2, 0) is 16.8 Å². The molecule has 0 saturated heterocycles. The van der Waals surface area contributed by atoms with Crippen molar-refractivity contribution in [1.82, 2.24) is 0 Å². The molecular formula is C13H21NO2. The number of hydrogen-bond acceptors (Lipinski definition) is 3. The maximum absolute atomic E-state index is 5.76. The summed E-state index contributed by atoms with van der Waals surface area (Å²) in [5.41, 5.74) is 7.61. The zero-order chi connectivity index (χ0) is 12.2. The molecule has 0 fully saturated rings. The standard InChI is InChI=1S/C13H21NO2/c1-5-10-8-11(6-7-12(10)15-3)13(2,9-14)16-4/h6-8H,5,9,14H2,1-4H3. The lowest BCUT2D eigenvalue weighted by molar-refractivity contribution is 0.00999. The Morgan fingerprint density at radius 3 is 2.44 bits per heavy atom. The molecule has 1 aromatic carbocycles. The van der Waals surface area contributed by atoms with E-state index in [9.17, 15) is 0 Å². The van der Waals surface area contributed by atoms with E-state index in [0.717, 1.165) is 17.7 Å². The molecule has 1 rings (SSSR count). The summed E-state index contributed by atoms with van der Waals surface area (Å²) in [6.07, 6.45) is 0.932. The number of hydrogen-bond donors (Lipinski definition) is 1. The van der Waals surface area contributed by atoms with Crippen molar-refractivity contribution in [3.8, 4) is 5.75 Å². The van der Waals surface area contributed by atoms with Crippen LogP contribution in [0.15, 0.2) is 18.2 Å². The van der Waals surface area contributed by atoms with Gasteiger partial charge in [-0.05, 0) is 36.6 Å². The fourth-order valence-electron chi connectivity index (χ4n) is 1.70. The van der Waals surface area contributed by atoms with Gasteiger partial charge in [0.05, 0.1) is 7.11 Å². The lowest BCUT2D eigenvalue weighted by Gasteiger charge is -2.27. The first kappa shape index (κ1) is 13.0. The van der Waals surface area contributed by atoms with Crippen LogP contribution in [0.2, 0.25) is 0 Å². The van der Waals surface area contributed by atoms with Crippen LogP contribution in [0.5, 0.6) is 5.75 Å². The van der Waals surface area contributed by atoms with Crippen molar-refractivity contribution in [3.63, 3.8) is 0 Å². The number of benzene rings is 1. The average molecular weight is 223 g/mol. The van der Waals surface area contributed by atoms with Gasteiger partial charge in [-0.1, -0.05) is 13.0 Å². The van der Waals surface area contributed by atoms with Crippen molar-refractivity contribution < 1.29 is 9.47 Å². The maximum atomic E-state index is 5.76. The zero-order valence-corrected chi connectivity index (χ0v) is 10.5. The van der Waals surface area contributed by atoms with Crippen molar-refractivity contribution in [2.24, 2.45) is 5.73 Å². The summed E-state index contributed by atoms with van der Waals surface area (Å²) in [7, 11) is 3.37. The first-order chi connectivity index (χ1) is 7.61. The Morgan fingerprint density at radius 2 is 2.00 bits per heavy atom. The van der Waals surface area contributed by atoms with Gasteiger partial charge in [-0.3, -0.25) is 0 Å². The zero-order valence-electron chi connectivity index (χ0n) is 10.5. The molecular weight excluding hydrogens is 202 g/mol. The van der Waals surface area contributed by atoms with Gasteiger partial charge in [-0.25, -0.2) is 0 Å². The minimum atomic E-state index is -0.420. The van der Waals surface area contributed by atoms with E-state index in [1.54, 1.807) is 14.2 Å². The van der Waals surface area contributed by atoms with E-state index in [1.807, 2.05) is 19.1 Å². The Balaban J connectivity index is 3.16. The lowest BCUT2D eigenvalue weighted by atomic mass is 9.93. The third kappa shape index (κ3) is 2.36. The molecule has 1 unspecified atom stereocenters. The summed E-state index contributed by atoms with van der Waals surface area (Å²) in [5, 5.41) is 0. The fourth-order valence-corrected chi connectivity index (χ4v) is 1.70. The smallest absolute Gasteiger partial charge is 0.122 e. The highest BCUT2D eigenvalue weighted by Crippen LogP contribution is 2.28. The van der Waals surface area contributed by atoms with E-state index < -0.39 is 5.60 Å². The van der Waals surface area contributed by atoms with Crippen molar-refractivity contribution >= 4 is 0 Å². The van der Waals surface area contributed by atoms with E-state index in [2.05, 4.69) is 13.0 Å². The van der Waals surface area contributed by atoms with Gasteiger partial charge in [0.2, 0.25) is 0 Å². The molecule has 0 aliphatic carbocycles. The predicted molar refractivity (Wildman–Crippen MR) is 65.8 cm³/mol. The van der Waals surface area contributed by atoms with E-state index in [4.69, 9.17) is 15.2 Å². The first-order valence-electron chi connectivity index (χ1n) is 5.54. The van der Waals surface area contributed by atoms with Crippen LogP contribution >= 0.6 is 0 Å². The average Bonchev–Trinajstić information content (AvgIpc) is 2.36. The van der Waals surface area contributed by atoms with Gasteiger partial charge in [-0.2, -0.15) is 0 Å². The van der Waals surface area contributed by atoms with Crippen LogP contribution in [0.4, 0.5) is 0 Å². The molecule has 0 heterocycles. The molecule has 3 heteroatoms. The minimum Gasteiger partial charge on any atom is -0.496 e. The van der Waals surface area contributed by atoms with Crippen LogP contribution in [-0.4, -0.2) is 20.8 Å². The molecule has 0 saturated carbocycles. The van der Waals surface area contributed by atoms with E-state index >= 15 is 0 Å². The Bertz CT molecular complexity index is 346. The Kier molecular flexibility index (Phi) is 4.33. The Labute approximate surface area is 97.6 Å². The molecule has 0 aliphatic heterocycles. The van der Waals surface area contributed by atoms with Crippen molar-refractivity contribution in [1.29, 1.82) is 0 Å².